The van der Waals surface area contributed by atoms with E-state index in [0.717, 1.165) is 24.4 Å². The van der Waals surface area contributed by atoms with Gasteiger partial charge >= 0.3 is 0 Å². The molecule has 0 fully saturated rings. The van der Waals surface area contributed by atoms with Crippen molar-refractivity contribution in [2.45, 2.75) is 32.7 Å². The molecule has 1 aromatic heterocycles. The lowest BCUT2D eigenvalue weighted by Crippen LogP contribution is -2.27. The van der Waals surface area contributed by atoms with Crippen molar-refractivity contribution in [3.8, 4) is 0 Å². The van der Waals surface area contributed by atoms with E-state index in [0.29, 0.717) is 18.9 Å². The van der Waals surface area contributed by atoms with Gasteiger partial charge in [-0.2, -0.15) is 0 Å². The Labute approximate surface area is 102 Å². The zero-order valence-corrected chi connectivity index (χ0v) is 10.5. The minimum Gasteiger partial charge on any atom is -0.464 e. The second-order valence-corrected chi connectivity index (χ2v) is 4.73. The number of carbonyl (C=O) groups excluding carboxylic acids is 1. The maximum Gasteiger partial charge on any atom is 0.223 e. The van der Waals surface area contributed by atoms with E-state index in [1.807, 2.05) is 26.1 Å². The van der Waals surface area contributed by atoms with Crippen molar-refractivity contribution in [2.24, 2.45) is 5.92 Å². The van der Waals surface area contributed by atoms with E-state index < -0.39 is 0 Å². The average Bonchev–Trinajstić information content (AvgIpc) is 2.90. The largest absolute Gasteiger partial charge is 0.464 e. The van der Waals surface area contributed by atoms with E-state index >= 15 is 0 Å². The number of carbonyl (C=O) groups is 1. The summed E-state index contributed by atoms with van der Waals surface area (Å²) in [6.07, 6.45) is 7.15. The average molecular weight is 233 g/mol. The van der Waals surface area contributed by atoms with E-state index in [2.05, 4.69) is 12.2 Å². The normalized spacial score (nSPS) is 18.6. The van der Waals surface area contributed by atoms with Gasteiger partial charge in [0.2, 0.25) is 5.91 Å². The number of amides is 1. The van der Waals surface area contributed by atoms with Crippen molar-refractivity contribution in [2.75, 3.05) is 7.05 Å². The van der Waals surface area contributed by atoms with Gasteiger partial charge in [-0.05, 0) is 37.8 Å². The number of hydrogen-bond donors (Lipinski definition) is 0. The second-order valence-electron chi connectivity index (χ2n) is 4.73. The van der Waals surface area contributed by atoms with Crippen LogP contribution in [0.4, 0.5) is 0 Å². The summed E-state index contributed by atoms with van der Waals surface area (Å²) in [4.78, 5) is 13.7. The fourth-order valence-corrected chi connectivity index (χ4v) is 2.14. The predicted molar refractivity (Wildman–Crippen MR) is 66.4 cm³/mol. The van der Waals surface area contributed by atoms with Crippen molar-refractivity contribution in [3.63, 3.8) is 0 Å². The minimum absolute atomic E-state index is 0.190. The van der Waals surface area contributed by atoms with Crippen LogP contribution < -0.4 is 0 Å². The van der Waals surface area contributed by atoms with Crippen molar-refractivity contribution in [1.82, 2.24) is 4.90 Å². The molecule has 17 heavy (non-hydrogen) atoms. The lowest BCUT2D eigenvalue weighted by molar-refractivity contribution is -0.131. The van der Waals surface area contributed by atoms with Gasteiger partial charge in [-0.15, -0.1) is 0 Å². The van der Waals surface area contributed by atoms with Gasteiger partial charge in [-0.1, -0.05) is 12.2 Å². The second kappa shape index (κ2) is 5.21. The van der Waals surface area contributed by atoms with Crippen LogP contribution in [0, 0.1) is 12.8 Å². The highest BCUT2D eigenvalue weighted by Gasteiger charge is 2.17. The molecule has 0 N–H and O–H groups in total. The Balaban J connectivity index is 1.84. The molecule has 92 valence electrons. The fraction of sp³-hybridized carbons (Fsp3) is 0.500. The van der Waals surface area contributed by atoms with E-state index in [4.69, 9.17) is 4.42 Å². The van der Waals surface area contributed by atoms with Crippen LogP contribution in [-0.4, -0.2) is 17.9 Å². The molecule has 1 heterocycles. The Morgan fingerprint density at radius 3 is 2.94 bits per heavy atom. The third kappa shape index (κ3) is 3.22. The van der Waals surface area contributed by atoms with Gasteiger partial charge in [0.1, 0.15) is 11.5 Å². The van der Waals surface area contributed by atoms with Crippen LogP contribution in [0.5, 0.6) is 0 Å². The molecular weight excluding hydrogens is 214 g/mol. The Morgan fingerprint density at radius 2 is 2.35 bits per heavy atom. The van der Waals surface area contributed by atoms with Gasteiger partial charge in [0.25, 0.3) is 0 Å². The highest BCUT2D eigenvalue weighted by atomic mass is 16.3. The number of allylic oxidation sites excluding steroid dienone is 2. The highest BCUT2D eigenvalue weighted by Crippen LogP contribution is 2.21. The van der Waals surface area contributed by atoms with Gasteiger partial charge in [0.15, 0.2) is 0 Å². The summed E-state index contributed by atoms with van der Waals surface area (Å²) < 4.78 is 5.47. The summed E-state index contributed by atoms with van der Waals surface area (Å²) in [7, 11) is 1.83. The quantitative estimate of drug-likeness (QED) is 0.749. The maximum absolute atomic E-state index is 12.0. The molecule has 2 rings (SSSR count). The molecule has 1 aromatic rings. The lowest BCUT2D eigenvalue weighted by atomic mass is 10.0. The van der Waals surface area contributed by atoms with Crippen LogP contribution in [0.2, 0.25) is 0 Å². The van der Waals surface area contributed by atoms with Crippen LogP contribution in [0.25, 0.3) is 0 Å². The zero-order chi connectivity index (χ0) is 12.3. The molecule has 1 aliphatic carbocycles. The summed E-state index contributed by atoms with van der Waals surface area (Å²) in [5.74, 6) is 2.36. The van der Waals surface area contributed by atoms with Gasteiger partial charge in [0, 0.05) is 13.5 Å². The summed E-state index contributed by atoms with van der Waals surface area (Å²) in [5, 5.41) is 0. The Kier molecular flexibility index (Phi) is 3.67. The van der Waals surface area contributed by atoms with E-state index in [-0.39, 0.29) is 5.91 Å². The molecule has 3 heteroatoms. The standard InChI is InChI=1S/C14H19NO2/c1-11-7-8-13(17-11)10-15(2)14(16)9-12-5-3-4-6-12/h3,5,7-8,12H,4,6,9-10H2,1-2H3/t12-/m0/s1. The SMILES string of the molecule is Cc1ccc(CN(C)C(=O)C[C@H]2C=CCC2)o1. The zero-order valence-electron chi connectivity index (χ0n) is 10.5. The van der Waals surface area contributed by atoms with Crippen molar-refractivity contribution >= 4 is 5.91 Å². The highest BCUT2D eigenvalue weighted by molar-refractivity contribution is 5.76. The van der Waals surface area contributed by atoms with Crippen LogP contribution in [0.1, 0.15) is 30.8 Å². The monoisotopic (exact) mass is 233 g/mol. The topological polar surface area (TPSA) is 33.5 Å². The Hall–Kier alpha value is -1.51. The number of nitrogens with zero attached hydrogens (tertiary/aromatic N) is 1. The number of aryl methyl sites for hydroxylation is 1. The molecule has 0 spiro atoms. The minimum atomic E-state index is 0.190. The summed E-state index contributed by atoms with van der Waals surface area (Å²) in [5.41, 5.74) is 0. The van der Waals surface area contributed by atoms with Crippen LogP contribution in [-0.2, 0) is 11.3 Å². The van der Waals surface area contributed by atoms with E-state index in [1.165, 1.54) is 0 Å². The van der Waals surface area contributed by atoms with Gasteiger partial charge in [0.05, 0.1) is 6.54 Å². The van der Waals surface area contributed by atoms with Gasteiger partial charge in [-0.25, -0.2) is 0 Å². The molecule has 0 bridgehead atoms. The Bertz CT molecular complexity index is 420. The van der Waals surface area contributed by atoms with Crippen molar-refractivity contribution < 1.29 is 9.21 Å². The molecule has 0 saturated heterocycles. The van der Waals surface area contributed by atoms with Crippen LogP contribution in [0.3, 0.4) is 0 Å². The third-order valence-electron chi connectivity index (χ3n) is 3.16. The first-order valence-electron chi connectivity index (χ1n) is 6.11. The molecule has 0 aliphatic heterocycles. The molecule has 1 atom stereocenters. The summed E-state index contributed by atoms with van der Waals surface area (Å²) in [6, 6.07) is 3.85. The van der Waals surface area contributed by atoms with E-state index in [9.17, 15) is 4.79 Å². The number of hydrogen-bond acceptors (Lipinski definition) is 2. The first-order chi connectivity index (χ1) is 8.15. The molecular formula is C14H19NO2. The molecule has 0 radical (unpaired) electrons. The first kappa shape index (κ1) is 12.0. The smallest absolute Gasteiger partial charge is 0.223 e. The van der Waals surface area contributed by atoms with Crippen LogP contribution in [0.15, 0.2) is 28.7 Å². The maximum atomic E-state index is 12.0. The number of rotatable bonds is 4. The van der Waals surface area contributed by atoms with Crippen molar-refractivity contribution in [3.05, 3.63) is 35.8 Å². The lowest BCUT2D eigenvalue weighted by Gasteiger charge is -2.17. The fourth-order valence-electron chi connectivity index (χ4n) is 2.14. The summed E-state index contributed by atoms with van der Waals surface area (Å²) >= 11 is 0. The number of furan rings is 1. The third-order valence-corrected chi connectivity index (χ3v) is 3.16. The molecule has 0 unspecified atom stereocenters. The molecule has 0 saturated carbocycles. The molecule has 0 aromatic carbocycles. The predicted octanol–water partition coefficient (Wildman–Crippen LogP) is 2.90. The van der Waals surface area contributed by atoms with Crippen LogP contribution >= 0.6 is 0 Å². The molecule has 1 amide bonds. The van der Waals surface area contributed by atoms with Gasteiger partial charge < -0.3 is 9.32 Å². The van der Waals surface area contributed by atoms with Gasteiger partial charge in [-0.3, -0.25) is 4.79 Å². The summed E-state index contributed by atoms with van der Waals surface area (Å²) in [6.45, 7) is 2.47. The molecule has 3 nitrogen and oxygen atoms in total. The first-order valence-corrected chi connectivity index (χ1v) is 6.11. The van der Waals surface area contributed by atoms with E-state index in [1.54, 1.807) is 4.90 Å². The Morgan fingerprint density at radius 1 is 1.53 bits per heavy atom. The van der Waals surface area contributed by atoms with Crippen molar-refractivity contribution in [1.29, 1.82) is 0 Å². The molecule has 1 aliphatic rings.